The van der Waals surface area contributed by atoms with E-state index in [1.54, 1.807) is 60.3 Å². The van der Waals surface area contributed by atoms with Crippen LogP contribution in [0.3, 0.4) is 0 Å². The maximum absolute atomic E-state index is 12.5. The molecule has 4 rings (SSSR count). The van der Waals surface area contributed by atoms with Gasteiger partial charge in [0.25, 0.3) is 5.91 Å². The first-order valence-corrected chi connectivity index (χ1v) is 10.5. The minimum absolute atomic E-state index is 0.266. The fraction of sp³-hybridized carbons (Fsp3) is 0.120. The Bertz CT molecular complexity index is 1270. The molecule has 4 aromatic rings. The van der Waals surface area contributed by atoms with Gasteiger partial charge in [0.2, 0.25) is 0 Å². The molecular formula is C25H23N5O3. The minimum atomic E-state index is -0.445. The third-order valence-electron chi connectivity index (χ3n) is 4.88. The maximum atomic E-state index is 12.5. The first kappa shape index (κ1) is 21.8. The van der Waals surface area contributed by atoms with Gasteiger partial charge in [-0.1, -0.05) is 30.3 Å². The molecule has 0 saturated heterocycles. The second kappa shape index (κ2) is 9.78. The van der Waals surface area contributed by atoms with E-state index < -0.39 is 5.97 Å². The molecule has 0 fully saturated rings. The lowest BCUT2D eigenvalue weighted by atomic mass is 10.1. The highest BCUT2D eigenvalue weighted by molar-refractivity contribution is 6.02. The van der Waals surface area contributed by atoms with Crippen LogP contribution in [0.5, 0.6) is 0 Å². The molecule has 0 unspecified atom stereocenters. The molecule has 0 atom stereocenters. The summed E-state index contributed by atoms with van der Waals surface area (Å²) in [4.78, 5) is 28.9. The van der Waals surface area contributed by atoms with Gasteiger partial charge in [0.1, 0.15) is 11.4 Å². The molecule has 166 valence electrons. The summed E-state index contributed by atoms with van der Waals surface area (Å²) in [5.74, 6) is -0.737. The number of carbonyl (C=O) groups excluding carboxylic acids is 2. The van der Waals surface area contributed by atoms with Crippen molar-refractivity contribution in [3.05, 3.63) is 95.9 Å². The van der Waals surface area contributed by atoms with E-state index in [-0.39, 0.29) is 12.5 Å². The highest BCUT2D eigenvalue weighted by Gasteiger charge is 2.18. The molecule has 33 heavy (non-hydrogen) atoms. The average Bonchev–Trinajstić information content (AvgIpc) is 3.24. The largest absolute Gasteiger partial charge is 0.461 e. The van der Waals surface area contributed by atoms with E-state index in [1.807, 2.05) is 30.3 Å². The minimum Gasteiger partial charge on any atom is -0.461 e. The van der Waals surface area contributed by atoms with Gasteiger partial charge in [0.05, 0.1) is 18.8 Å². The van der Waals surface area contributed by atoms with Crippen LogP contribution in [0.2, 0.25) is 0 Å². The summed E-state index contributed by atoms with van der Waals surface area (Å²) in [6, 6.07) is 21.5. The van der Waals surface area contributed by atoms with Crippen LogP contribution in [-0.2, 0) is 11.3 Å². The lowest BCUT2D eigenvalue weighted by Gasteiger charge is -2.07. The van der Waals surface area contributed by atoms with E-state index in [0.717, 1.165) is 11.1 Å². The van der Waals surface area contributed by atoms with Gasteiger partial charge in [-0.05, 0) is 55.0 Å². The summed E-state index contributed by atoms with van der Waals surface area (Å²) in [6.07, 6.45) is 1.57. The Hall–Kier alpha value is -4.46. The number of amides is 1. The number of esters is 1. The molecule has 0 saturated carbocycles. The summed E-state index contributed by atoms with van der Waals surface area (Å²) in [7, 11) is 0. The van der Waals surface area contributed by atoms with Crippen molar-refractivity contribution in [2.45, 2.75) is 13.5 Å². The molecule has 2 aromatic heterocycles. The van der Waals surface area contributed by atoms with Crippen molar-refractivity contribution in [1.82, 2.24) is 14.8 Å². The van der Waals surface area contributed by atoms with E-state index in [4.69, 9.17) is 10.5 Å². The standard InChI is InChI=1S/C25H23N5O3/c1-2-33-25(32)23-15-22(29-30(23)16-17-6-5-7-19(26)14-17)18-9-11-20(12-10-18)28-24(31)21-8-3-4-13-27-21/h3-15H,2,16,26H2,1H3,(H,28,31). The molecule has 0 aliphatic carbocycles. The third-order valence-corrected chi connectivity index (χ3v) is 4.88. The Kier molecular flexibility index (Phi) is 6.45. The Morgan fingerprint density at radius 3 is 2.55 bits per heavy atom. The van der Waals surface area contributed by atoms with Gasteiger partial charge >= 0.3 is 5.97 Å². The molecule has 0 aliphatic rings. The second-order valence-electron chi connectivity index (χ2n) is 7.28. The molecule has 0 aliphatic heterocycles. The van der Waals surface area contributed by atoms with Crippen LogP contribution in [0.15, 0.2) is 79.0 Å². The third kappa shape index (κ3) is 5.24. The molecule has 8 heteroatoms. The molecule has 2 heterocycles. The number of nitrogens with one attached hydrogen (secondary N) is 1. The van der Waals surface area contributed by atoms with E-state index in [9.17, 15) is 9.59 Å². The van der Waals surface area contributed by atoms with Gasteiger partial charge < -0.3 is 15.8 Å². The Morgan fingerprint density at radius 2 is 1.85 bits per heavy atom. The predicted octanol–water partition coefficient (Wildman–Crippen LogP) is 4.00. The lowest BCUT2D eigenvalue weighted by molar-refractivity contribution is 0.0512. The van der Waals surface area contributed by atoms with Crippen molar-refractivity contribution < 1.29 is 14.3 Å². The van der Waals surface area contributed by atoms with Crippen molar-refractivity contribution in [1.29, 1.82) is 0 Å². The predicted molar refractivity (Wildman–Crippen MR) is 126 cm³/mol. The first-order chi connectivity index (χ1) is 16.0. The van der Waals surface area contributed by atoms with Crippen molar-refractivity contribution in [3.8, 4) is 11.3 Å². The monoisotopic (exact) mass is 441 g/mol. The van der Waals surface area contributed by atoms with Gasteiger partial charge in [0, 0.05) is 23.1 Å². The van der Waals surface area contributed by atoms with Crippen LogP contribution < -0.4 is 11.1 Å². The van der Waals surface area contributed by atoms with Gasteiger partial charge in [-0.2, -0.15) is 5.10 Å². The Balaban J connectivity index is 1.57. The second-order valence-corrected chi connectivity index (χ2v) is 7.28. The number of nitrogen functional groups attached to an aromatic ring is 1. The molecule has 1 amide bonds. The van der Waals surface area contributed by atoms with Gasteiger partial charge in [-0.3, -0.25) is 14.5 Å². The number of hydrogen-bond donors (Lipinski definition) is 2. The molecule has 3 N–H and O–H groups in total. The fourth-order valence-corrected chi connectivity index (χ4v) is 3.33. The highest BCUT2D eigenvalue weighted by Crippen LogP contribution is 2.23. The van der Waals surface area contributed by atoms with E-state index in [2.05, 4.69) is 15.4 Å². The molecule has 8 nitrogen and oxygen atoms in total. The van der Waals surface area contributed by atoms with Gasteiger partial charge in [-0.25, -0.2) is 4.79 Å². The van der Waals surface area contributed by atoms with Crippen LogP contribution in [0.25, 0.3) is 11.3 Å². The number of nitrogens with two attached hydrogens (primary N) is 1. The van der Waals surface area contributed by atoms with Gasteiger partial charge in [-0.15, -0.1) is 0 Å². The average molecular weight is 441 g/mol. The molecule has 0 bridgehead atoms. The number of hydrogen-bond acceptors (Lipinski definition) is 6. The number of carbonyl (C=O) groups is 2. The summed E-state index contributed by atoms with van der Waals surface area (Å²) in [5, 5.41) is 7.44. The topological polar surface area (TPSA) is 112 Å². The Labute approximate surface area is 191 Å². The molecule has 0 spiro atoms. The highest BCUT2D eigenvalue weighted by atomic mass is 16.5. The van der Waals surface area contributed by atoms with Crippen molar-refractivity contribution in [3.63, 3.8) is 0 Å². The van der Waals surface area contributed by atoms with Gasteiger partial charge in [0.15, 0.2) is 0 Å². The SMILES string of the molecule is CCOC(=O)c1cc(-c2ccc(NC(=O)c3ccccn3)cc2)nn1Cc1cccc(N)c1. The first-order valence-electron chi connectivity index (χ1n) is 10.5. The van der Waals surface area contributed by atoms with Crippen LogP contribution in [0.1, 0.15) is 33.5 Å². The van der Waals surface area contributed by atoms with Crippen molar-refractivity contribution in [2.75, 3.05) is 17.7 Å². The number of nitrogens with zero attached hydrogens (tertiary/aromatic N) is 3. The number of rotatable bonds is 7. The van der Waals surface area contributed by atoms with Crippen LogP contribution in [0, 0.1) is 0 Å². The smallest absolute Gasteiger partial charge is 0.356 e. The summed E-state index contributed by atoms with van der Waals surface area (Å²) in [6.45, 7) is 2.40. The van der Waals surface area contributed by atoms with Crippen molar-refractivity contribution in [2.24, 2.45) is 0 Å². The van der Waals surface area contributed by atoms with E-state index >= 15 is 0 Å². The quantitative estimate of drug-likeness (QED) is 0.331. The van der Waals surface area contributed by atoms with E-state index in [1.165, 1.54) is 0 Å². The number of anilines is 2. The van der Waals surface area contributed by atoms with E-state index in [0.29, 0.717) is 35.0 Å². The zero-order chi connectivity index (χ0) is 23.2. The zero-order valence-corrected chi connectivity index (χ0v) is 18.1. The van der Waals surface area contributed by atoms with Crippen LogP contribution >= 0.6 is 0 Å². The number of ether oxygens (including phenoxy) is 1. The number of pyridine rings is 1. The fourth-order valence-electron chi connectivity index (χ4n) is 3.33. The molecule has 2 aromatic carbocycles. The summed E-state index contributed by atoms with van der Waals surface area (Å²) >= 11 is 0. The lowest BCUT2D eigenvalue weighted by Crippen LogP contribution is -2.14. The Morgan fingerprint density at radius 1 is 1.03 bits per heavy atom. The van der Waals surface area contributed by atoms with Crippen LogP contribution in [0.4, 0.5) is 11.4 Å². The molecular weight excluding hydrogens is 418 g/mol. The normalized spacial score (nSPS) is 10.6. The summed E-state index contributed by atoms with van der Waals surface area (Å²) < 4.78 is 6.82. The van der Waals surface area contributed by atoms with Crippen LogP contribution in [-0.4, -0.2) is 33.2 Å². The summed E-state index contributed by atoms with van der Waals surface area (Å²) in [5.41, 5.74) is 10.2. The van der Waals surface area contributed by atoms with Crippen molar-refractivity contribution >= 4 is 23.3 Å². The zero-order valence-electron chi connectivity index (χ0n) is 18.1. The number of benzene rings is 2. The molecule has 0 radical (unpaired) electrons. The maximum Gasteiger partial charge on any atom is 0.356 e. The number of aromatic nitrogens is 3.